The zero-order valence-corrected chi connectivity index (χ0v) is 14.8. The topological polar surface area (TPSA) is 94.2 Å². The molecule has 0 unspecified atom stereocenters. The molecule has 0 fully saturated rings. The molecule has 0 atom stereocenters. The summed E-state index contributed by atoms with van der Waals surface area (Å²) in [4.78, 5) is 22.9. The Kier molecular flexibility index (Phi) is 5.30. The second-order valence-corrected chi connectivity index (χ2v) is 5.81. The first-order valence-electron chi connectivity index (χ1n) is 6.19. The van der Waals surface area contributed by atoms with E-state index < -0.39 is 11.9 Å². The number of aromatic amines is 1. The van der Waals surface area contributed by atoms with Gasteiger partial charge in [0, 0.05) is 12.5 Å². The Morgan fingerprint density at radius 3 is 2.41 bits per heavy atom. The number of carbonyl (C=O) groups is 2. The van der Waals surface area contributed by atoms with Crippen LogP contribution < -0.4 is 4.74 Å². The van der Waals surface area contributed by atoms with Crippen LogP contribution in [-0.2, 0) is 9.53 Å². The molecular weight excluding hydrogens is 422 g/mol. The molecule has 2 rings (SSSR count). The van der Waals surface area contributed by atoms with Crippen molar-refractivity contribution in [2.75, 3.05) is 6.61 Å². The van der Waals surface area contributed by atoms with Crippen LogP contribution in [0.25, 0.3) is 11.3 Å². The van der Waals surface area contributed by atoms with Gasteiger partial charge in [-0.3, -0.25) is 4.79 Å². The number of nitrogens with zero attached hydrogens (tertiary/aromatic N) is 2. The predicted octanol–water partition coefficient (Wildman–Crippen LogP) is 3.10. The molecule has 0 spiro atoms. The van der Waals surface area contributed by atoms with E-state index >= 15 is 0 Å². The third kappa shape index (κ3) is 3.53. The summed E-state index contributed by atoms with van der Waals surface area (Å²) in [6.45, 7) is 3.26. The summed E-state index contributed by atoms with van der Waals surface area (Å²) in [5.74, 6) is -0.664. The molecule has 2 aromatic rings. The summed E-state index contributed by atoms with van der Waals surface area (Å²) in [5, 5.41) is 10.2. The Hall–Kier alpha value is -1.74. The van der Waals surface area contributed by atoms with Crippen molar-refractivity contribution in [3.8, 4) is 17.0 Å². The van der Waals surface area contributed by atoms with Gasteiger partial charge in [0.2, 0.25) is 0 Å². The highest BCUT2D eigenvalue weighted by atomic mass is 79.9. The quantitative estimate of drug-likeness (QED) is 0.589. The summed E-state index contributed by atoms with van der Waals surface area (Å²) in [6.07, 6.45) is 0. The van der Waals surface area contributed by atoms with Gasteiger partial charge in [0.05, 0.1) is 15.6 Å². The van der Waals surface area contributed by atoms with Gasteiger partial charge in [-0.15, -0.1) is 5.10 Å². The average molecular weight is 433 g/mol. The maximum absolute atomic E-state index is 11.8. The Balaban J connectivity index is 2.45. The summed E-state index contributed by atoms with van der Waals surface area (Å²) < 4.78 is 11.1. The normalized spacial score (nSPS) is 10.4. The molecule has 0 bridgehead atoms. The fraction of sp³-hybridized carbons (Fsp3) is 0.231. The molecule has 0 radical (unpaired) electrons. The number of halogens is 2. The monoisotopic (exact) mass is 431 g/mol. The third-order valence-electron chi connectivity index (χ3n) is 2.53. The second-order valence-electron chi connectivity index (χ2n) is 4.10. The lowest BCUT2D eigenvalue weighted by Gasteiger charge is -2.09. The van der Waals surface area contributed by atoms with Crippen molar-refractivity contribution in [1.82, 2.24) is 15.4 Å². The van der Waals surface area contributed by atoms with Gasteiger partial charge in [0.15, 0.2) is 11.4 Å². The number of nitrogens with one attached hydrogen (secondary N) is 1. The minimum absolute atomic E-state index is 0.0842. The molecule has 1 heterocycles. The molecule has 116 valence electrons. The van der Waals surface area contributed by atoms with E-state index in [2.05, 4.69) is 47.3 Å². The number of H-pyrrole nitrogens is 1. The summed E-state index contributed by atoms with van der Waals surface area (Å²) in [5.41, 5.74) is 1.03. The standard InChI is InChI=1S/C13H11Br2N3O4/c1-3-21-13(20)11-10(16-18-17-11)7-4-8(14)12(9(15)5-7)22-6(2)19/h4-5H,3H2,1-2H3,(H,16,17,18). The Morgan fingerprint density at radius 1 is 1.23 bits per heavy atom. The van der Waals surface area contributed by atoms with Crippen LogP contribution in [0.2, 0.25) is 0 Å². The molecule has 22 heavy (non-hydrogen) atoms. The van der Waals surface area contributed by atoms with E-state index in [1.807, 2.05) is 0 Å². The van der Waals surface area contributed by atoms with Crippen molar-refractivity contribution < 1.29 is 19.1 Å². The number of benzene rings is 1. The SMILES string of the molecule is CCOC(=O)c1n[nH]nc1-c1cc(Br)c(OC(C)=O)c(Br)c1. The highest BCUT2D eigenvalue weighted by Gasteiger charge is 2.21. The van der Waals surface area contributed by atoms with E-state index in [1.165, 1.54) is 6.92 Å². The molecule has 0 aliphatic rings. The van der Waals surface area contributed by atoms with Crippen molar-refractivity contribution >= 4 is 43.8 Å². The van der Waals surface area contributed by atoms with Crippen LogP contribution in [0.15, 0.2) is 21.1 Å². The Morgan fingerprint density at radius 2 is 1.86 bits per heavy atom. The van der Waals surface area contributed by atoms with Gasteiger partial charge in [-0.05, 0) is 50.9 Å². The van der Waals surface area contributed by atoms with Crippen molar-refractivity contribution in [3.05, 3.63) is 26.8 Å². The van der Waals surface area contributed by atoms with E-state index in [0.717, 1.165) is 0 Å². The first kappa shape index (κ1) is 16.6. The van der Waals surface area contributed by atoms with Crippen LogP contribution in [0.3, 0.4) is 0 Å². The number of hydrogen-bond acceptors (Lipinski definition) is 6. The molecular formula is C13H11Br2N3O4. The highest BCUT2D eigenvalue weighted by molar-refractivity contribution is 9.11. The third-order valence-corrected chi connectivity index (χ3v) is 3.71. The summed E-state index contributed by atoms with van der Waals surface area (Å²) in [6, 6.07) is 3.34. The van der Waals surface area contributed by atoms with Gasteiger partial charge >= 0.3 is 11.9 Å². The first-order chi connectivity index (χ1) is 10.4. The smallest absolute Gasteiger partial charge is 0.361 e. The van der Waals surface area contributed by atoms with E-state index in [1.54, 1.807) is 19.1 Å². The zero-order valence-electron chi connectivity index (χ0n) is 11.6. The first-order valence-corrected chi connectivity index (χ1v) is 7.78. The van der Waals surface area contributed by atoms with E-state index in [-0.39, 0.29) is 12.3 Å². The molecule has 0 saturated carbocycles. The highest BCUT2D eigenvalue weighted by Crippen LogP contribution is 2.38. The molecule has 7 nitrogen and oxygen atoms in total. The van der Waals surface area contributed by atoms with Crippen LogP contribution >= 0.6 is 31.9 Å². The molecule has 0 saturated heterocycles. The van der Waals surface area contributed by atoms with Gasteiger partial charge < -0.3 is 9.47 Å². The minimum Gasteiger partial charge on any atom is -0.461 e. The minimum atomic E-state index is -0.567. The van der Waals surface area contributed by atoms with Gasteiger partial charge in [0.1, 0.15) is 5.69 Å². The lowest BCUT2D eigenvalue weighted by atomic mass is 10.1. The molecule has 1 aromatic heterocycles. The lowest BCUT2D eigenvalue weighted by Crippen LogP contribution is -2.07. The number of esters is 2. The fourth-order valence-electron chi connectivity index (χ4n) is 1.71. The van der Waals surface area contributed by atoms with Gasteiger partial charge in [-0.25, -0.2) is 4.79 Å². The number of aromatic nitrogens is 3. The number of rotatable bonds is 4. The average Bonchev–Trinajstić information content (AvgIpc) is 2.92. The van der Waals surface area contributed by atoms with E-state index in [4.69, 9.17) is 9.47 Å². The fourth-order valence-corrected chi connectivity index (χ4v) is 3.06. The largest absolute Gasteiger partial charge is 0.461 e. The lowest BCUT2D eigenvalue weighted by molar-refractivity contribution is -0.131. The number of carbonyl (C=O) groups excluding carboxylic acids is 2. The zero-order chi connectivity index (χ0) is 16.3. The maximum Gasteiger partial charge on any atom is 0.361 e. The van der Waals surface area contributed by atoms with E-state index in [0.29, 0.717) is 26.0 Å². The number of hydrogen-bond donors (Lipinski definition) is 1. The predicted molar refractivity (Wildman–Crippen MR) is 84.5 cm³/mol. The van der Waals surface area contributed by atoms with Crippen molar-refractivity contribution in [2.45, 2.75) is 13.8 Å². The van der Waals surface area contributed by atoms with Crippen LogP contribution in [0.4, 0.5) is 0 Å². The molecule has 9 heteroatoms. The van der Waals surface area contributed by atoms with Crippen molar-refractivity contribution in [1.29, 1.82) is 0 Å². The Bertz CT molecular complexity index is 707. The van der Waals surface area contributed by atoms with Crippen LogP contribution in [0.1, 0.15) is 24.3 Å². The van der Waals surface area contributed by atoms with Gasteiger partial charge in [-0.1, -0.05) is 0 Å². The van der Waals surface area contributed by atoms with Crippen LogP contribution in [-0.4, -0.2) is 34.0 Å². The maximum atomic E-state index is 11.8. The molecule has 0 amide bonds. The summed E-state index contributed by atoms with van der Waals surface area (Å²) in [7, 11) is 0. The molecule has 1 aromatic carbocycles. The Labute approximate surface area is 142 Å². The van der Waals surface area contributed by atoms with E-state index in [9.17, 15) is 9.59 Å². The number of ether oxygens (including phenoxy) is 2. The van der Waals surface area contributed by atoms with Gasteiger partial charge in [-0.2, -0.15) is 10.3 Å². The van der Waals surface area contributed by atoms with Gasteiger partial charge in [0.25, 0.3) is 0 Å². The molecule has 1 N–H and O–H groups in total. The molecule has 0 aliphatic carbocycles. The van der Waals surface area contributed by atoms with Crippen molar-refractivity contribution in [2.24, 2.45) is 0 Å². The van der Waals surface area contributed by atoms with Crippen molar-refractivity contribution in [3.63, 3.8) is 0 Å². The summed E-state index contributed by atoms with van der Waals surface area (Å²) >= 11 is 6.65. The second kappa shape index (κ2) is 7.01. The molecule has 0 aliphatic heterocycles. The van der Waals surface area contributed by atoms with Crippen LogP contribution in [0.5, 0.6) is 5.75 Å². The van der Waals surface area contributed by atoms with Crippen LogP contribution in [0, 0.1) is 0 Å².